The van der Waals surface area contributed by atoms with Gasteiger partial charge in [0.05, 0.1) is 27.9 Å². The highest BCUT2D eigenvalue weighted by atomic mass is 35.5. The number of benzene rings is 1. The second-order valence-electron chi connectivity index (χ2n) is 2.56. The molecule has 0 saturated carbocycles. The normalized spacial score (nSPS) is 9.31. The van der Waals surface area contributed by atoms with Crippen molar-refractivity contribution in [1.29, 1.82) is 5.26 Å². The van der Waals surface area contributed by atoms with Crippen LogP contribution in [0.4, 0.5) is 5.69 Å². The van der Waals surface area contributed by atoms with Gasteiger partial charge in [0.2, 0.25) is 0 Å². The van der Waals surface area contributed by atoms with Crippen molar-refractivity contribution in [3.63, 3.8) is 0 Å². The fourth-order valence-corrected chi connectivity index (χ4v) is 1.33. The van der Waals surface area contributed by atoms with Crippen LogP contribution in [0.1, 0.15) is 22.8 Å². The zero-order valence-corrected chi connectivity index (χ0v) is 7.72. The summed E-state index contributed by atoms with van der Waals surface area (Å²) >= 11 is 5.78. The Morgan fingerprint density at radius 3 is 2.69 bits per heavy atom. The molecule has 3 nitrogen and oxygen atoms in total. The maximum Gasteiger partial charge on any atom is 0.162 e. The molecule has 0 unspecified atom stereocenters. The molecule has 1 aromatic rings. The number of anilines is 1. The monoisotopic (exact) mass is 194 g/mol. The van der Waals surface area contributed by atoms with Crippen LogP contribution in [0.2, 0.25) is 5.02 Å². The van der Waals surface area contributed by atoms with Crippen LogP contribution in [0, 0.1) is 11.3 Å². The van der Waals surface area contributed by atoms with Gasteiger partial charge in [0.15, 0.2) is 5.78 Å². The van der Waals surface area contributed by atoms with Crippen molar-refractivity contribution in [2.75, 3.05) is 5.73 Å². The first-order valence-corrected chi connectivity index (χ1v) is 3.94. The first-order valence-electron chi connectivity index (χ1n) is 3.57. The van der Waals surface area contributed by atoms with Gasteiger partial charge in [-0.3, -0.25) is 4.79 Å². The lowest BCUT2D eigenvalue weighted by molar-refractivity contribution is 0.101. The molecule has 0 atom stereocenters. The number of hydrogen-bond donors (Lipinski definition) is 1. The standard InChI is InChI=1S/C9H7ClN2O/c1-5(13)8-6(4-11)2-3-7(12)9(8)10/h2-3H,12H2,1H3. The number of carbonyl (C=O) groups is 1. The Morgan fingerprint density at radius 2 is 2.23 bits per heavy atom. The third-order valence-electron chi connectivity index (χ3n) is 1.64. The van der Waals surface area contributed by atoms with E-state index in [9.17, 15) is 4.79 Å². The maximum absolute atomic E-state index is 11.1. The van der Waals surface area contributed by atoms with Gasteiger partial charge in [-0.15, -0.1) is 0 Å². The van der Waals surface area contributed by atoms with E-state index in [0.717, 1.165) is 0 Å². The number of carbonyl (C=O) groups excluding carboxylic acids is 1. The Bertz CT molecular complexity index is 407. The minimum atomic E-state index is -0.256. The van der Waals surface area contributed by atoms with Crippen LogP contribution in [-0.4, -0.2) is 5.78 Å². The van der Waals surface area contributed by atoms with Gasteiger partial charge in [0.25, 0.3) is 0 Å². The van der Waals surface area contributed by atoms with E-state index >= 15 is 0 Å². The van der Waals surface area contributed by atoms with Crippen molar-refractivity contribution in [3.05, 3.63) is 28.3 Å². The van der Waals surface area contributed by atoms with E-state index in [1.165, 1.54) is 19.1 Å². The minimum Gasteiger partial charge on any atom is -0.398 e. The second-order valence-corrected chi connectivity index (χ2v) is 2.94. The molecular weight excluding hydrogens is 188 g/mol. The fourth-order valence-electron chi connectivity index (χ4n) is 1.03. The van der Waals surface area contributed by atoms with Crippen molar-refractivity contribution >= 4 is 23.1 Å². The van der Waals surface area contributed by atoms with Crippen LogP contribution in [0.5, 0.6) is 0 Å². The summed E-state index contributed by atoms with van der Waals surface area (Å²) in [6.07, 6.45) is 0. The molecule has 66 valence electrons. The first kappa shape index (κ1) is 9.56. The fraction of sp³-hybridized carbons (Fsp3) is 0.111. The molecule has 13 heavy (non-hydrogen) atoms. The molecule has 1 rings (SSSR count). The van der Waals surface area contributed by atoms with E-state index in [4.69, 9.17) is 22.6 Å². The van der Waals surface area contributed by atoms with Crippen LogP contribution >= 0.6 is 11.6 Å². The molecule has 1 aromatic carbocycles. The molecule has 0 aromatic heterocycles. The largest absolute Gasteiger partial charge is 0.398 e. The van der Waals surface area contributed by atoms with E-state index in [1.54, 1.807) is 0 Å². The van der Waals surface area contributed by atoms with Crippen LogP contribution in [0.25, 0.3) is 0 Å². The van der Waals surface area contributed by atoms with Gasteiger partial charge < -0.3 is 5.73 Å². The summed E-state index contributed by atoms with van der Waals surface area (Å²) in [5, 5.41) is 8.84. The Kier molecular flexibility index (Phi) is 2.54. The number of nitriles is 1. The highest BCUT2D eigenvalue weighted by molar-refractivity contribution is 6.36. The molecule has 0 fully saturated rings. The van der Waals surface area contributed by atoms with Crippen LogP contribution in [-0.2, 0) is 0 Å². The summed E-state index contributed by atoms with van der Waals surface area (Å²) in [7, 11) is 0. The van der Waals surface area contributed by atoms with Gasteiger partial charge in [0.1, 0.15) is 0 Å². The number of ketones is 1. The molecular formula is C9H7ClN2O. The SMILES string of the molecule is CC(=O)c1c(C#N)ccc(N)c1Cl. The maximum atomic E-state index is 11.1. The van der Waals surface area contributed by atoms with Crippen LogP contribution < -0.4 is 5.73 Å². The summed E-state index contributed by atoms with van der Waals surface area (Å²) in [5.41, 5.74) is 6.25. The predicted octanol–water partition coefficient (Wildman–Crippen LogP) is 2.00. The van der Waals surface area contributed by atoms with Crippen LogP contribution in [0.3, 0.4) is 0 Å². The smallest absolute Gasteiger partial charge is 0.162 e. The highest BCUT2D eigenvalue weighted by Gasteiger charge is 2.13. The van der Waals surface area contributed by atoms with Gasteiger partial charge in [-0.25, -0.2) is 0 Å². The second kappa shape index (κ2) is 3.46. The third-order valence-corrected chi connectivity index (χ3v) is 2.05. The lowest BCUT2D eigenvalue weighted by Crippen LogP contribution is -2.00. The molecule has 0 amide bonds. The lowest BCUT2D eigenvalue weighted by atomic mass is 10.0. The Morgan fingerprint density at radius 1 is 1.62 bits per heavy atom. The van der Waals surface area contributed by atoms with Crippen molar-refractivity contribution in [2.24, 2.45) is 0 Å². The van der Waals surface area contributed by atoms with Gasteiger partial charge >= 0.3 is 0 Å². The highest BCUT2D eigenvalue weighted by Crippen LogP contribution is 2.26. The van der Waals surface area contributed by atoms with E-state index in [1.807, 2.05) is 6.07 Å². The van der Waals surface area contributed by atoms with Crippen molar-refractivity contribution in [1.82, 2.24) is 0 Å². The molecule has 0 heterocycles. The average molecular weight is 195 g/mol. The summed E-state index contributed by atoms with van der Waals surface area (Å²) in [6, 6.07) is 4.88. The van der Waals surface area contributed by atoms with Gasteiger partial charge in [-0.2, -0.15) is 5.26 Å². The molecule has 0 bridgehead atoms. The zero-order chi connectivity index (χ0) is 10.0. The summed E-state index contributed by atoms with van der Waals surface area (Å²) in [6.45, 7) is 1.35. The first-order chi connectivity index (χ1) is 6.07. The Hall–Kier alpha value is -1.53. The van der Waals surface area contributed by atoms with Gasteiger partial charge in [0, 0.05) is 0 Å². The number of nitrogens with two attached hydrogens (primary N) is 1. The molecule has 4 heteroatoms. The molecule has 2 N–H and O–H groups in total. The van der Waals surface area contributed by atoms with E-state index in [2.05, 4.69) is 0 Å². The summed E-state index contributed by atoms with van der Waals surface area (Å²) < 4.78 is 0. The Labute approximate surface area is 80.7 Å². The molecule has 0 spiro atoms. The molecule has 0 aliphatic carbocycles. The molecule has 0 aliphatic heterocycles. The van der Waals surface area contributed by atoms with Gasteiger partial charge in [-0.05, 0) is 19.1 Å². The van der Waals surface area contributed by atoms with Crippen molar-refractivity contribution in [2.45, 2.75) is 6.92 Å². The number of Topliss-reactive ketones (excluding diaryl/α,β-unsaturated/α-hetero) is 1. The molecule has 0 aliphatic rings. The molecule has 0 radical (unpaired) electrons. The van der Waals surface area contributed by atoms with E-state index < -0.39 is 0 Å². The van der Waals surface area contributed by atoms with Crippen molar-refractivity contribution < 1.29 is 4.79 Å². The average Bonchev–Trinajstić information content (AvgIpc) is 2.08. The number of halogens is 1. The number of rotatable bonds is 1. The zero-order valence-electron chi connectivity index (χ0n) is 6.97. The third kappa shape index (κ3) is 1.63. The van der Waals surface area contributed by atoms with Gasteiger partial charge in [-0.1, -0.05) is 11.6 Å². The predicted molar refractivity (Wildman–Crippen MR) is 50.6 cm³/mol. The van der Waals surface area contributed by atoms with Crippen LogP contribution in [0.15, 0.2) is 12.1 Å². The number of nitrogen functional groups attached to an aromatic ring is 1. The quantitative estimate of drug-likeness (QED) is 0.549. The number of nitrogens with zero attached hydrogens (tertiary/aromatic N) is 1. The minimum absolute atomic E-state index is 0.159. The summed E-state index contributed by atoms with van der Waals surface area (Å²) in [4.78, 5) is 11.1. The molecule has 0 saturated heterocycles. The van der Waals surface area contributed by atoms with Crippen molar-refractivity contribution in [3.8, 4) is 6.07 Å². The van der Waals surface area contributed by atoms with E-state index in [0.29, 0.717) is 5.69 Å². The summed E-state index contributed by atoms with van der Waals surface area (Å²) in [5.74, 6) is -0.256. The van der Waals surface area contributed by atoms with E-state index in [-0.39, 0.29) is 21.9 Å². The topological polar surface area (TPSA) is 66.9 Å². The lowest BCUT2D eigenvalue weighted by Gasteiger charge is -2.04. The Balaban J connectivity index is 3.53. The number of hydrogen-bond acceptors (Lipinski definition) is 3.